The predicted octanol–water partition coefficient (Wildman–Crippen LogP) is 2.36. The van der Waals surface area contributed by atoms with Crippen LogP contribution in [0.25, 0.3) is 0 Å². The van der Waals surface area contributed by atoms with Crippen molar-refractivity contribution in [1.29, 1.82) is 0 Å². The molecule has 158 valence electrons. The molecule has 0 bridgehead atoms. The van der Waals surface area contributed by atoms with Crippen molar-refractivity contribution in [1.82, 2.24) is 25.3 Å². The van der Waals surface area contributed by atoms with Crippen LogP contribution < -0.4 is 5.32 Å². The second-order valence-electron chi connectivity index (χ2n) is 8.88. The Morgan fingerprint density at radius 2 is 1.93 bits per heavy atom. The Labute approximate surface area is 170 Å². The number of nitrogens with zero attached hydrogens (tertiary/aromatic N) is 4. The van der Waals surface area contributed by atoms with Gasteiger partial charge < -0.3 is 14.7 Å². The number of rotatable bonds is 6. The van der Waals surface area contributed by atoms with Gasteiger partial charge in [0.2, 0.25) is 11.8 Å². The maximum absolute atomic E-state index is 13.1. The van der Waals surface area contributed by atoms with Crippen LogP contribution in [-0.2, 0) is 9.59 Å². The van der Waals surface area contributed by atoms with Gasteiger partial charge in [0.1, 0.15) is 18.1 Å². The van der Waals surface area contributed by atoms with E-state index in [4.69, 9.17) is 4.52 Å². The molecule has 4 rings (SSSR count). The summed E-state index contributed by atoms with van der Waals surface area (Å²) in [5, 5.41) is 6.90. The van der Waals surface area contributed by atoms with E-state index in [-0.39, 0.29) is 18.4 Å². The number of carbonyl (C=O) groups is 3. The molecule has 2 aliphatic carbocycles. The summed E-state index contributed by atoms with van der Waals surface area (Å²) in [4.78, 5) is 45.6. The Bertz CT molecular complexity index is 810. The van der Waals surface area contributed by atoms with Crippen molar-refractivity contribution in [3.63, 3.8) is 0 Å². The lowest BCUT2D eigenvalue weighted by molar-refractivity contribution is -0.137. The maximum atomic E-state index is 13.1. The molecule has 2 heterocycles. The number of amides is 4. The van der Waals surface area contributed by atoms with Crippen molar-refractivity contribution in [3.8, 4) is 0 Å². The van der Waals surface area contributed by atoms with E-state index in [2.05, 4.69) is 15.5 Å². The van der Waals surface area contributed by atoms with Crippen LogP contribution in [0.1, 0.15) is 82.5 Å². The van der Waals surface area contributed by atoms with Gasteiger partial charge in [0, 0.05) is 13.0 Å². The smallest absolute Gasteiger partial charge is 0.327 e. The number of hydrogen-bond donors (Lipinski definition) is 1. The first-order valence-corrected chi connectivity index (χ1v) is 10.6. The van der Waals surface area contributed by atoms with E-state index >= 15 is 0 Å². The summed E-state index contributed by atoms with van der Waals surface area (Å²) in [6.45, 7) is 3.60. The van der Waals surface area contributed by atoms with E-state index in [9.17, 15) is 14.4 Å². The minimum atomic E-state index is -0.779. The second kappa shape index (κ2) is 7.42. The van der Waals surface area contributed by atoms with Crippen LogP contribution >= 0.6 is 0 Å². The van der Waals surface area contributed by atoms with E-state index in [0.29, 0.717) is 30.5 Å². The standard InChI is InChI=1S/C20H29N5O4/c1-12(2)15(17-22-16(23-29-17)13-7-8-13)21-14(26)11-25-18(27)20(24(3)19(25)28)9-5-4-6-10-20/h12-13,15H,4-11H2,1-3H3,(H,21,26). The summed E-state index contributed by atoms with van der Waals surface area (Å²) in [5.74, 6) is 0.773. The first kappa shape index (κ1) is 19.8. The molecule has 1 saturated heterocycles. The number of nitrogens with one attached hydrogen (secondary N) is 1. The van der Waals surface area contributed by atoms with Gasteiger partial charge in [0.15, 0.2) is 5.82 Å². The minimum absolute atomic E-state index is 0.0174. The first-order valence-electron chi connectivity index (χ1n) is 10.6. The Kier molecular flexibility index (Phi) is 5.08. The fourth-order valence-corrected chi connectivity index (χ4v) is 4.43. The number of likely N-dealkylation sites (N-methyl/N-ethyl adjacent to an activating group) is 1. The predicted molar refractivity (Wildman–Crippen MR) is 103 cm³/mol. The SMILES string of the molecule is CC(C)C(NC(=O)CN1C(=O)N(C)C2(CCCCC2)C1=O)c1nc(C2CC2)no1. The van der Waals surface area contributed by atoms with Crippen LogP contribution in [0.2, 0.25) is 0 Å². The van der Waals surface area contributed by atoms with Crippen LogP contribution in [0.3, 0.4) is 0 Å². The fourth-order valence-electron chi connectivity index (χ4n) is 4.43. The molecule has 1 N–H and O–H groups in total. The average Bonchev–Trinajstić information content (AvgIpc) is 3.43. The molecule has 0 radical (unpaired) electrons. The average molecular weight is 403 g/mol. The van der Waals surface area contributed by atoms with Gasteiger partial charge in [-0.25, -0.2) is 4.79 Å². The molecule has 2 saturated carbocycles. The van der Waals surface area contributed by atoms with Gasteiger partial charge in [-0.05, 0) is 31.6 Å². The molecule has 9 nitrogen and oxygen atoms in total. The lowest BCUT2D eigenvalue weighted by atomic mass is 9.81. The summed E-state index contributed by atoms with van der Waals surface area (Å²) in [5.41, 5.74) is -0.779. The fraction of sp³-hybridized carbons (Fsp3) is 0.750. The van der Waals surface area contributed by atoms with Gasteiger partial charge in [-0.3, -0.25) is 14.5 Å². The van der Waals surface area contributed by atoms with Gasteiger partial charge in [-0.15, -0.1) is 0 Å². The topological polar surface area (TPSA) is 109 Å². The minimum Gasteiger partial charge on any atom is -0.342 e. The zero-order valence-electron chi connectivity index (χ0n) is 17.3. The van der Waals surface area contributed by atoms with Gasteiger partial charge in [0.25, 0.3) is 5.91 Å². The number of urea groups is 1. The lowest BCUT2D eigenvalue weighted by Crippen LogP contribution is -2.49. The van der Waals surface area contributed by atoms with E-state index in [1.54, 1.807) is 7.05 Å². The number of aromatic nitrogens is 2. The van der Waals surface area contributed by atoms with Crippen molar-refractivity contribution in [2.75, 3.05) is 13.6 Å². The van der Waals surface area contributed by atoms with Crippen LogP contribution in [-0.4, -0.2) is 56.9 Å². The molecule has 29 heavy (non-hydrogen) atoms. The molecule has 1 aromatic heterocycles. The molecule has 9 heteroatoms. The highest BCUT2D eigenvalue weighted by molar-refractivity contribution is 6.08. The van der Waals surface area contributed by atoms with Gasteiger partial charge in [0.05, 0.1) is 0 Å². The molecule has 3 aliphatic rings. The maximum Gasteiger partial charge on any atom is 0.327 e. The third-order valence-electron chi connectivity index (χ3n) is 6.43. The van der Waals surface area contributed by atoms with Crippen LogP contribution in [0.4, 0.5) is 4.79 Å². The van der Waals surface area contributed by atoms with E-state index in [1.165, 1.54) is 4.90 Å². The van der Waals surface area contributed by atoms with Crippen LogP contribution in [0, 0.1) is 5.92 Å². The number of carbonyl (C=O) groups excluding carboxylic acids is 3. The number of hydrogen-bond acceptors (Lipinski definition) is 6. The van der Waals surface area contributed by atoms with Gasteiger partial charge in [-0.1, -0.05) is 38.3 Å². The highest BCUT2D eigenvalue weighted by atomic mass is 16.5. The molecule has 1 unspecified atom stereocenters. The molecular weight excluding hydrogens is 374 g/mol. The second-order valence-corrected chi connectivity index (χ2v) is 8.88. The summed E-state index contributed by atoms with van der Waals surface area (Å²) >= 11 is 0. The van der Waals surface area contributed by atoms with E-state index in [1.807, 2.05) is 13.8 Å². The van der Waals surface area contributed by atoms with Crippen molar-refractivity contribution in [3.05, 3.63) is 11.7 Å². The first-order chi connectivity index (χ1) is 13.8. The van der Waals surface area contributed by atoms with Crippen LogP contribution in [0.5, 0.6) is 0 Å². The van der Waals surface area contributed by atoms with Crippen molar-refractivity contribution < 1.29 is 18.9 Å². The number of imide groups is 1. The summed E-state index contributed by atoms with van der Waals surface area (Å²) in [6.07, 6.45) is 6.34. The molecule has 1 aliphatic heterocycles. The van der Waals surface area contributed by atoms with Crippen molar-refractivity contribution in [2.24, 2.45) is 5.92 Å². The normalized spacial score (nSPS) is 22.6. The third kappa shape index (κ3) is 3.51. The lowest BCUT2D eigenvalue weighted by Gasteiger charge is -2.35. The highest BCUT2D eigenvalue weighted by Crippen LogP contribution is 2.40. The summed E-state index contributed by atoms with van der Waals surface area (Å²) in [7, 11) is 1.66. The molecule has 1 aromatic rings. The summed E-state index contributed by atoms with van der Waals surface area (Å²) in [6, 6.07) is -0.862. The van der Waals surface area contributed by atoms with Gasteiger partial charge >= 0.3 is 6.03 Å². The van der Waals surface area contributed by atoms with Crippen molar-refractivity contribution in [2.45, 2.75) is 76.3 Å². The Morgan fingerprint density at radius 3 is 2.55 bits per heavy atom. The zero-order valence-corrected chi connectivity index (χ0v) is 17.3. The Morgan fingerprint density at radius 1 is 1.24 bits per heavy atom. The molecule has 0 aromatic carbocycles. The van der Waals surface area contributed by atoms with Gasteiger partial charge in [-0.2, -0.15) is 4.98 Å². The van der Waals surface area contributed by atoms with E-state index < -0.39 is 23.5 Å². The molecule has 1 spiro atoms. The molecule has 1 atom stereocenters. The summed E-state index contributed by atoms with van der Waals surface area (Å²) < 4.78 is 5.38. The highest BCUT2D eigenvalue weighted by Gasteiger charge is 2.55. The van der Waals surface area contributed by atoms with Crippen LogP contribution in [0.15, 0.2) is 4.52 Å². The Hall–Kier alpha value is -2.45. The third-order valence-corrected chi connectivity index (χ3v) is 6.43. The zero-order chi connectivity index (χ0) is 20.8. The van der Waals surface area contributed by atoms with Crippen molar-refractivity contribution >= 4 is 17.8 Å². The van der Waals surface area contributed by atoms with E-state index in [0.717, 1.165) is 37.0 Å². The largest absolute Gasteiger partial charge is 0.342 e. The molecule has 3 fully saturated rings. The molecular formula is C20H29N5O4. The Balaban J connectivity index is 1.44. The monoisotopic (exact) mass is 403 g/mol. The quantitative estimate of drug-likeness (QED) is 0.731. The molecule has 4 amide bonds.